The van der Waals surface area contributed by atoms with E-state index in [4.69, 9.17) is 11.6 Å². The van der Waals surface area contributed by atoms with E-state index in [1.807, 2.05) is 36.4 Å². The Kier molecular flexibility index (Phi) is 6.29. The van der Waals surface area contributed by atoms with Gasteiger partial charge in [-0.2, -0.15) is 5.10 Å². The number of rotatable bonds is 7. The highest BCUT2D eigenvalue weighted by atomic mass is 35.5. The number of nitrogens with one attached hydrogen (secondary N) is 1. The number of carbonyl (C=O) groups excluding carboxylic acids is 1. The molecule has 0 radical (unpaired) electrons. The quantitative estimate of drug-likeness (QED) is 0.467. The average Bonchev–Trinajstić information content (AvgIpc) is 2.95. The summed E-state index contributed by atoms with van der Waals surface area (Å²) in [6.45, 7) is 4.21. The fourth-order valence-electron chi connectivity index (χ4n) is 3.16. The lowest BCUT2D eigenvalue weighted by Crippen LogP contribution is -2.25. The van der Waals surface area contributed by atoms with Gasteiger partial charge in [-0.05, 0) is 55.7 Å². The Bertz CT molecular complexity index is 1040. The summed E-state index contributed by atoms with van der Waals surface area (Å²) in [5.74, 6) is -0.152. The number of nitro groups is 1. The van der Waals surface area contributed by atoms with Crippen LogP contribution in [0.25, 0.3) is 0 Å². The minimum atomic E-state index is -0.412. The molecule has 8 heteroatoms. The van der Waals surface area contributed by atoms with Gasteiger partial charge in [0.05, 0.1) is 11.5 Å². The summed E-state index contributed by atoms with van der Waals surface area (Å²) in [5, 5.41) is 18.9. The molecule has 3 aromatic rings. The van der Waals surface area contributed by atoms with E-state index in [9.17, 15) is 14.9 Å². The lowest BCUT2D eigenvalue weighted by Gasteiger charge is -2.08. The second kappa shape index (κ2) is 8.87. The molecule has 0 spiro atoms. The minimum absolute atomic E-state index is 0.0423. The Morgan fingerprint density at radius 1 is 1.17 bits per heavy atom. The molecule has 0 saturated carbocycles. The molecule has 1 N–H and O–H groups in total. The summed E-state index contributed by atoms with van der Waals surface area (Å²) in [7, 11) is 0. The van der Waals surface area contributed by atoms with Crippen molar-refractivity contribution in [3.8, 4) is 0 Å². The summed E-state index contributed by atoms with van der Waals surface area (Å²) in [4.78, 5) is 23.0. The molecule has 2 aromatic carbocycles. The number of aromatic nitrogens is 2. The first-order valence-corrected chi connectivity index (χ1v) is 9.53. The fraction of sp³-hybridized carbons (Fsp3) is 0.238. The summed E-state index contributed by atoms with van der Waals surface area (Å²) in [6, 6.07) is 14.7. The van der Waals surface area contributed by atoms with Gasteiger partial charge >= 0.3 is 5.69 Å². The lowest BCUT2D eigenvalue weighted by atomic mass is 10.1. The van der Waals surface area contributed by atoms with Crippen LogP contribution in [0, 0.1) is 24.0 Å². The van der Waals surface area contributed by atoms with Crippen molar-refractivity contribution < 1.29 is 9.72 Å². The minimum Gasteiger partial charge on any atom is -0.352 e. The molecule has 0 aliphatic carbocycles. The molecule has 3 rings (SSSR count). The van der Waals surface area contributed by atoms with Crippen LogP contribution in [-0.2, 0) is 13.0 Å². The van der Waals surface area contributed by atoms with Gasteiger partial charge in [0, 0.05) is 17.1 Å². The third-order valence-electron chi connectivity index (χ3n) is 4.66. The van der Waals surface area contributed by atoms with Crippen LogP contribution in [0.4, 0.5) is 5.69 Å². The molecule has 0 aliphatic heterocycles. The molecule has 0 atom stereocenters. The van der Waals surface area contributed by atoms with Crippen LogP contribution in [0.2, 0.25) is 5.02 Å². The van der Waals surface area contributed by atoms with E-state index in [0.717, 1.165) is 11.1 Å². The summed E-state index contributed by atoms with van der Waals surface area (Å²) in [6.07, 6.45) is 0.696. The number of halogens is 1. The predicted octanol–water partition coefficient (Wildman–Crippen LogP) is 4.08. The summed E-state index contributed by atoms with van der Waals surface area (Å²) >= 11 is 5.96. The molecule has 7 nitrogen and oxygen atoms in total. The first kappa shape index (κ1) is 20.5. The van der Waals surface area contributed by atoms with Crippen LogP contribution in [0.5, 0.6) is 0 Å². The Morgan fingerprint density at radius 2 is 1.90 bits per heavy atom. The van der Waals surface area contributed by atoms with E-state index in [1.54, 1.807) is 30.7 Å². The third-order valence-corrected chi connectivity index (χ3v) is 4.90. The zero-order valence-electron chi connectivity index (χ0n) is 16.2. The van der Waals surface area contributed by atoms with Gasteiger partial charge in [-0.25, -0.2) is 0 Å². The van der Waals surface area contributed by atoms with E-state index >= 15 is 0 Å². The fourth-order valence-corrected chi connectivity index (χ4v) is 3.37. The third kappa shape index (κ3) is 5.00. The van der Waals surface area contributed by atoms with E-state index in [-0.39, 0.29) is 11.6 Å². The highest BCUT2D eigenvalue weighted by Gasteiger charge is 2.21. The van der Waals surface area contributed by atoms with Crippen molar-refractivity contribution in [3.63, 3.8) is 0 Å². The normalized spacial score (nSPS) is 10.7. The zero-order valence-corrected chi connectivity index (χ0v) is 16.9. The van der Waals surface area contributed by atoms with Gasteiger partial charge in [-0.1, -0.05) is 35.9 Å². The van der Waals surface area contributed by atoms with Gasteiger partial charge < -0.3 is 5.32 Å². The SMILES string of the molecule is Cc1nn(Cc2ccc(C(=O)NCCc3cccc(Cl)c3)cc2)c(C)c1[N+](=O)[O-]. The highest BCUT2D eigenvalue weighted by Crippen LogP contribution is 2.22. The van der Waals surface area contributed by atoms with Crippen molar-refractivity contribution >= 4 is 23.2 Å². The van der Waals surface area contributed by atoms with Crippen LogP contribution < -0.4 is 5.32 Å². The number of benzene rings is 2. The zero-order chi connectivity index (χ0) is 21.0. The Morgan fingerprint density at radius 3 is 2.52 bits per heavy atom. The topological polar surface area (TPSA) is 90.1 Å². The van der Waals surface area contributed by atoms with E-state index < -0.39 is 4.92 Å². The van der Waals surface area contributed by atoms with Crippen molar-refractivity contribution in [1.29, 1.82) is 0 Å². The summed E-state index contributed by atoms with van der Waals surface area (Å²) < 4.78 is 1.60. The molecule has 0 bridgehead atoms. The molecule has 1 amide bonds. The average molecular weight is 413 g/mol. The van der Waals surface area contributed by atoms with Crippen LogP contribution in [-0.4, -0.2) is 27.2 Å². The monoisotopic (exact) mass is 412 g/mol. The lowest BCUT2D eigenvalue weighted by molar-refractivity contribution is -0.386. The van der Waals surface area contributed by atoms with Crippen LogP contribution >= 0.6 is 11.6 Å². The van der Waals surface area contributed by atoms with Crippen LogP contribution in [0.3, 0.4) is 0 Å². The standard InChI is InChI=1S/C21H21ClN4O3/c1-14-20(26(28)29)15(2)25(24-14)13-17-6-8-18(9-7-17)21(27)23-11-10-16-4-3-5-19(22)12-16/h3-9,12H,10-11,13H2,1-2H3,(H,23,27). The van der Waals surface area contributed by atoms with E-state index in [1.165, 1.54) is 0 Å². The molecular weight excluding hydrogens is 392 g/mol. The highest BCUT2D eigenvalue weighted by molar-refractivity contribution is 6.30. The maximum absolute atomic E-state index is 12.3. The predicted molar refractivity (Wildman–Crippen MR) is 111 cm³/mol. The largest absolute Gasteiger partial charge is 0.352 e. The Balaban J connectivity index is 1.59. The number of hydrogen-bond donors (Lipinski definition) is 1. The molecule has 0 saturated heterocycles. The van der Waals surface area contributed by atoms with Crippen molar-refractivity contribution in [2.45, 2.75) is 26.8 Å². The van der Waals surface area contributed by atoms with Gasteiger partial charge in [0.2, 0.25) is 0 Å². The molecule has 0 fully saturated rings. The first-order chi connectivity index (χ1) is 13.8. The van der Waals surface area contributed by atoms with E-state index in [0.29, 0.717) is 41.5 Å². The molecule has 1 heterocycles. The number of aryl methyl sites for hydroxylation is 1. The van der Waals surface area contributed by atoms with Crippen LogP contribution in [0.1, 0.15) is 32.9 Å². The molecule has 29 heavy (non-hydrogen) atoms. The second-order valence-corrected chi connectivity index (χ2v) is 7.20. The smallest absolute Gasteiger partial charge is 0.312 e. The van der Waals surface area contributed by atoms with Gasteiger partial charge in [0.25, 0.3) is 5.91 Å². The molecule has 1 aromatic heterocycles. The Hall–Kier alpha value is -3.19. The number of amides is 1. The van der Waals surface area contributed by atoms with Crippen molar-refractivity contribution in [2.75, 3.05) is 6.54 Å². The van der Waals surface area contributed by atoms with Crippen molar-refractivity contribution in [1.82, 2.24) is 15.1 Å². The maximum Gasteiger partial charge on any atom is 0.312 e. The van der Waals surface area contributed by atoms with Gasteiger partial charge in [-0.3, -0.25) is 19.6 Å². The van der Waals surface area contributed by atoms with Crippen molar-refractivity contribution in [3.05, 3.63) is 91.7 Å². The molecule has 0 aliphatic rings. The van der Waals surface area contributed by atoms with Gasteiger partial charge in [-0.15, -0.1) is 0 Å². The van der Waals surface area contributed by atoms with E-state index in [2.05, 4.69) is 10.4 Å². The van der Waals surface area contributed by atoms with Crippen LogP contribution in [0.15, 0.2) is 48.5 Å². The Labute approximate surface area is 173 Å². The molecular formula is C21H21ClN4O3. The van der Waals surface area contributed by atoms with Gasteiger partial charge in [0.15, 0.2) is 0 Å². The summed E-state index contributed by atoms with van der Waals surface area (Å²) in [5.41, 5.74) is 3.46. The number of hydrogen-bond acceptors (Lipinski definition) is 4. The molecule has 0 unspecified atom stereocenters. The number of nitrogens with zero attached hydrogens (tertiary/aromatic N) is 3. The van der Waals surface area contributed by atoms with Gasteiger partial charge in [0.1, 0.15) is 11.4 Å². The molecule has 150 valence electrons. The second-order valence-electron chi connectivity index (χ2n) is 6.77. The van der Waals surface area contributed by atoms with Crippen molar-refractivity contribution in [2.24, 2.45) is 0 Å². The maximum atomic E-state index is 12.3. The number of carbonyl (C=O) groups is 1. The first-order valence-electron chi connectivity index (χ1n) is 9.15.